The molecule has 2 aliphatic carbocycles. The number of carboxylic acid groups (broad SMARTS) is 1. The second-order valence-electron chi connectivity index (χ2n) is 10.0. The minimum atomic E-state index is -4.09. The van der Waals surface area contributed by atoms with E-state index in [0.29, 0.717) is 24.1 Å². The van der Waals surface area contributed by atoms with Crippen LogP contribution >= 0.6 is 0 Å². The molecular weight excluding hydrogens is 490 g/mol. The molecule has 1 aromatic carbocycles. The Labute approximate surface area is 208 Å². The van der Waals surface area contributed by atoms with Gasteiger partial charge in [0.15, 0.2) is 5.96 Å². The zero-order valence-corrected chi connectivity index (χ0v) is 20.9. The van der Waals surface area contributed by atoms with E-state index in [4.69, 9.17) is 11.1 Å². The largest absolute Gasteiger partial charge is 0.480 e. The zero-order valence-electron chi connectivity index (χ0n) is 20.1. The van der Waals surface area contributed by atoms with Gasteiger partial charge in [-0.2, -0.15) is 0 Å². The molecule has 0 spiro atoms. The highest BCUT2D eigenvalue weighted by atomic mass is 32.2. The lowest BCUT2D eigenvalue weighted by atomic mass is 9.70. The molecule has 2 amide bonds. The number of carbonyl (C=O) groups is 4. The number of ketones is 1. The van der Waals surface area contributed by atoms with E-state index in [2.05, 4.69) is 10.0 Å². The maximum Gasteiger partial charge on any atom is 0.322 e. The molecule has 2 bridgehead atoms. The highest BCUT2D eigenvalue weighted by Crippen LogP contribution is 2.64. The number of carboxylic acids is 1. The van der Waals surface area contributed by atoms with Gasteiger partial charge in [-0.25, -0.2) is 13.1 Å². The number of hydrogen-bond acceptors (Lipinski definition) is 7. The first-order valence-electron chi connectivity index (χ1n) is 11.4. The zero-order chi connectivity index (χ0) is 26.9. The molecule has 0 radical (unpaired) electrons. The lowest BCUT2D eigenvalue weighted by Gasteiger charge is -2.36. The first-order chi connectivity index (χ1) is 16.6. The van der Waals surface area contributed by atoms with Crippen LogP contribution in [0.5, 0.6) is 0 Å². The van der Waals surface area contributed by atoms with Gasteiger partial charge in [-0.3, -0.25) is 29.9 Å². The van der Waals surface area contributed by atoms with Gasteiger partial charge in [-0.1, -0.05) is 26.0 Å². The van der Waals surface area contributed by atoms with Crippen molar-refractivity contribution in [3.05, 3.63) is 29.8 Å². The van der Waals surface area contributed by atoms with E-state index in [0.717, 1.165) is 6.42 Å². The molecule has 1 unspecified atom stereocenters. The molecule has 12 nitrogen and oxygen atoms in total. The summed E-state index contributed by atoms with van der Waals surface area (Å²) in [4.78, 5) is 48.0. The van der Waals surface area contributed by atoms with Crippen LogP contribution in [-0.2, 0) is 35.6 Å². The van der Waals surface area contributed by atoms with Gasteiger partial charge in [0.25, 0.3) is 0 Å². The highest BCUT2D eigenvalue weighted by Gasteiger charge is 2.65. The summed E-state index contributed by atoms with van der Waals surface area (Å²) in [7, 11) is -4.09. The number of nitrogens with one attached hydrogen (secondary N) is 4. The lowest BCUT2D eigenvalue weighted by Crippen LogP contribution is -2.49. The number of amides is 2. The molecule has 0 aliphatic heterocycles. The van der Waals surface area contributed by atoms with Gasteiger partial charge < -0.3 is 16.2 Å². The normalized spacial score (nSPS) is 23.2. The number of guanidine groups is 1. The Morgan fingerprint density at radius 3 is 2.33 bits per heavy atom. The monoisotopic (exact) mass is 521 g/mol. The number of benzene rings is 1. The van der Waals surface area contributed by atoms with Crippen molar-refractivity contribution in [1.82, 2.24) is 10.0 Å². The molecule has 13 heteroatoms. The number of fused-ring (bicyclic) bond motifs is 2. The first kappa shape index (κ1) is 27.3. The van der Waals surface area contributed by atoms with E-state index < -0.39 is 62.8 Å². The Balaban J connectivity index is 1.63. The van der Waals surface area contributed by atoms with Crippen LogP contribution in [0.15, 0.2) is 24.3 Å². The van der Waals surface area contributed by atoms with Crippen molar-refractivity contribution >= 4 is 45.2 Å². The Kier molecular flexibility index (Phi) is 7.55. The molecule has 2 fully saturated rings. The minimum absolute atomic E-state index is 0.0718. The Morgan fingerprint density at radius 1 is 1.19 bits per heavy atom. The average Bonchev–Trinajstić information content (AvgIpc) is 3.07. The van der Waals surface area contributed by atoms with Crippen LogP contribution in [-0.4, -0.2) is 54.8 Å². The molecule has 0 aromatic heterocycles. The van der Waals surface area contributed by atoms with E-state index in [-0.39, 0.29) is 18.1 Å². The fourth-order valence-corrected chi connectivity index (χ4v) is 7.40. The lowest BCUT2D eigenvalue weighted by molar-refractivity contribution is -0.139. The van der Waals surface area contributed by atoms with E-state index in [1.165, 1.54) is 24.3 Å². The summed E-state index contributed by atoms with van der Waals surface area (Å²) in [6, 6.07) is 4.58. The molecule has 2 aliphatic rings. The van der Waals surface area contributed by atoms with Gasteiger partial charge >= 0.3 is 5.97 Å². The number of Topliss-reactive ketones (excluding diaryl/α,β-unsaturated/α-hetero) is 1. The van der Waals surface area contributed by atoms with Crippen LogP contribution in [0.4, 0.5) is 5.69 Å². The Morgan fingerprint density at radius 2 is 1.83 bits per heavy atom. The molecular formula is C23H31N5O7S. The summed E-state index contributed by atoms with van der Waals surface area (Å²) in [6.45, 7) is 3.83. The summed E-state index contributed by atoms with van der Waals surface area (Å²) in [5, 5.41) is 21.1. The van der Waals surface area contributed by atoms with Gasteiger partial charge in [-0.05, 0) is 48.3 Å². The SMILES string of the molecule is CC1(C)C2CC[C@@]1(CS(=O)(=O)N[C@@H](Cc1ccc(NC(=O)CC(=O)NC(=N)N)cc1)C(=O)O)C(=O)C2. The molecule has 0 saturated heterocycles. The van der Waals surface area contributed by atoms with Crippen molar-refractivity contribution in [3.63, 3.8) is 0 Å². The van der Waals surface area contributed by atoms with Crippen molar-refractivity contribution in [2.45, 2.75) is 52.0 Å². The average molecular weight is 522 g/mol. The van der Waals surface area contributed by atoms with Crippen molar-refractivity contribution in [1.29, 1.82) is 5.41 Å². The summed E-state index contributed by atoms with van der Waals surface area (Å²) in [6.07, 6.45) is 0.907. The first-order valence-corrected chi connectivity index (χ1v) is 13.1. The standard InChI is InChI=1S/C23H31N5O7S/c1-22(2)14-7-8-23(22,17(29)10-14)12-36(34,35)28-16(20(32)33)9-13-3-5-15(6-4-13)26-18(30)11-19(31)27-21(24)25/h3-6,14,16,28H,7-12H2,1-2H3,(H,26,30)(H,32,33)(H4,24,25,27,31)/t14?,16-,23+/m0/s1. The van der Waals surface area contributed by atoms with Gasteiger partial charge in [0.05, 0.1) is 5.75 Å². The maximum absolute atomic E-state index is 13.0. The number of nitrogens with two attached hydrogens (primary N) is 1. The molecule has 36 heavy (non-hydrogen) atoms. The quantitative estimate of drug-likeness (QED) is 0.143. The molecule has 196 valence electrons. The van der Waals surface area contributed by atoms with Crippen LogP contribution in [0.25, 0.3) is 0 Å². The van der Waals surface area contributed by atoms with Crippen LogP contribution in [0.3, 0.4) is 0 Å². The summed E-state index contributed by atoms with van der Waals surface area (Å²) in [5.74, 6) is -3.69. The number of aliphatic carboxylic acids is 1. The molecule has 1 aromatic rings. The van der Waals surface area contributed by atoms with Crippen molar-refractivity contribution < 1.29 is 32.7 Å². The minimum Gasteiger partial charge on any atom is -0.480 e. The third-order valence-electron chi connectivity index (χ3n) is 7.47. The maximum atomic E-state index is 13.0. The molecule has 0 heterocycles. The fourth-order valence-electron chi connectivity index (χ4n) is 5.38. The molecule has 3 rings (SSSR count). The van der Waals surface area contributed by atoms with Gasteiger partial charge in [0.1, 0.15) is 18.2 Å². The van der Waals surface area contributed by atoms with Gasteiger partial charge in [-0.15, -0.1) is 0 Å². The number of rotatable bonds is 10. The summed E-state index contributed by atoms with van der Waals surface area (Å²) in [5.41, 5.74) is 4.39. The predicted molar refractivity (Wildman–Crippen MR) is 130 cm³/mol. The van der Waals surface area contributed by atoms with E-state index >= 15 is 0 Å². The van der Waals surface area contributed by atoms with Crippen LogP contribution < -0.4 is 21.1 Å². The summed E-state index contributed by atoms with van der Waals surface area (Å²) >= 11 is 0. The Hall–Kier alpha value is -3.32. The predicted octanol–water partition coefficient (Wildman–Crippen LogP) is 0.335. The molecule has 7 N–H and O–H groups in total. The Bertz CT molecular complexity index is 1200. The van der Waals surface area contributed by atoms with E-state index in [1.54, 1.807) is 0 Å². The van der Waals surface area contributed by atoms with E-state index in [9.17, 15) is 32.7 Å². The third-order valence-corrected chi connectivity index (χ3v) is 8.98. The van der Waals surface area contributed by atoms with Gasteiger partial charge in [0.2, 0.25) is 21.8 Å². The topological polar surface area (TPSA) is 209 Å². The van der Waals surface area contributed by atoms with Crippen LogP contribution in [0.2, 0.25) is 0 Å². The highest BCUT2D eigenvalue weighted by molar-refractivity contribution is 7.89. The number of anilines is 1. The van der Waals surface area contributed by atoms with Crippen LogP contribution in [0.1, 0.15) is 45.1 Å². The number of carbonyl (C=O) groups excluding carboxylic acids is 3. The third kappa shape index (κ3) is 5.73. The van der Waals surface area contributed by atoms with Gasteiger partial charge in [0, 0.05) is 17.5 Å². The van der Waals surface area contributed by atoms with E-state index in [1.807, 2.05) is 19.2 Å². The smallest absolute Gasteiger partial charge is 0.322 e. The molecule has 3 atom stereocenters. The summed E-state index contributed by atoms with van der Waals surface area (Å²) < 4.78 is 28.3. The second-order valence-corrected chi connectivity index (χ2v) is 11.8. The van der Waals surface area contributed by atoms with Crippen molar-refractivity contribution in [3.8, 4) is 0 Å². The van der Waals surface area contributed by atoms with Crippen molar-refractivity contribution in [2.75, 3.05) is 11.1 Å². The van der Waals surface area contributed by atoms with Crippen molar-refractivity contribution in [2.24, 2.45) is 22.5 Å². The molecule has 2 saturated carbocycles. The fraction of sp³-hybridized carbons (Fsp3) is 0.522. The number of sulfonamides is 1. The van der Waals surface area contributed by atoms with Crippen LogP contribution in [0, 0.1) is 22.2 Å². The second kappa shape index (κ2) is 9.97. The number of hydrogen-bond donors (Lipinski definition) is 6.